The molecular weight excluding hydrogens is 253 g/mol. The molecule has 88 valence electrons. The van der Waals surface area contributed by atoms with Crippen LogP contribution in [0.3, 0.4) is 0 Å². The maximum absolute atomic E-state index is 11.0. The first-order valence-corrected chi connectivity index (χ1v) is 5.13. The first kappa shape index (κ1) is 15.6. The average Bonchev–Trinajstić information content (AvgIpc) is 2.07. The molecule has 1 rings (SSSR count). The molecule has 0 unspecified atom stereocenters. The van der Waals surface area contributed by atoms with Gasteiger partial charge in [0.15, 0.2) is 0 Å². The molecule has 9 nitrogen and oxygen atoms in total. The molecule has 2 amide bonds. The van der Waals surface area contributed by atoms with E-state index in [2.05, 4.69) is 10.5 Å². The molecule has 0 bridgehead atoms. The fraction of sp³-hybridized carbons (Fsp3) is 0.600. The van der Waals surface area contributed by atoms with E-state index in [9.17, 15) is 18.0 Å². The molecule has 0 spiro atoms. The van der Waals surface area contributed by atoms with Gasteiger partial charge in [0.2, 0.25) is 0 Å². The topological polar surface area (TPSA) is 153 Å². The number of nitrogens with zero attached hydrogens (tertiary/aromatic N) is 1. The predicted molar refractivity (Wildman–Crippen MR) is 52.8 cm³/mol. The van der Waals surface area contributed by atoms with Gasteiger partial charge in [-0.05, 0) is 0 Å². The molecule has 11 heteroatoms. The fourth-order valence-electron chi connectivity index (χ4n) is 1.16. The van der Waals surface area contributed by atoms with E-state index in [-0.39, 0.29) is 33.9 Å². The number of carbonyl (C=O) groups excluding carboxylic acids is 2. The Morgan fingerprint density at radius 1 is 1.56 bits per heavy atom. The van der Waals surface area contributed by atoms with Crippen LogP contribution in [-0.2, 0) is 19.8 Å². The second kappa shape index (κ2) is 5.29. The molecule has 0 aromatic heterocycles. The summed E-state index contributed by atoms with van der Waals surface area (Å²) in [6.45, 7) is -0.484. The van der Waals surface area contributed by atoms with Gasteiger partial charge in [-0.25, -0.2) is 9.10 Å². The summed E-state index contributed by atoms with van der Waals surface area (Å²) in [7, 11) is -4.67. The quantitative estimate of drug-likeness (QED) is 0.275. The van der Waals surface area contributed by atoms with Gasteiger partial charge in [0.05, 0.1) is 0 Å². The summed E-state index contributed by atoms with van der Waals surface area (Å²) in [5.74, 6) is -0.962. The van der Waals surface area contributed by atoms with Gasteiger partial charge in [0.1, 0.15) is 18.7 Å². The molecule has 1 heterocycles. The minimum absolute atomic E-state index is 0. The van der Waals surface area contributed by atoms with Gasteiger partial charge in [-0.15, -0.1) is 0 Å². The Morgan fingerprint density at radius 3 is 2.44 bits per heavy atom. The number of amides is 2. The summed E-state index contributed by atoms with van der Waals surface area (Å²) in [5.41, 5.74) is 9.88. The van der Waals surface area contributed by atoms with Crippen molar-refractivity contribution in [2.24, 2.45) is 11.5 Å². The summed E-state index contributed by atoms with van der Waals surface area (Å²) < 4.78 is 34.3. The Hall–Kier alpha value is -0.390. The van der Waals surface area contributed by atoms with Crippen molar-refractivity contribution in [3.05, 3.63) is 0 Å². The number of primary amides is 1. The van der Waals surface area contributed by atoms with E-state index in [1.165, 1.54) is 0 Å². The summed E-state index contributed by atoms with van der Waals surface area (Å²) in [5, 5.41) is 0. The van der Waals surface area contributed by atoms with Gasteiger partial charge in [-0.2, -0.15) is 8.42 Å². The van der Waals surface area contributed by atoms with Crippen molar-refractivity contribution in [3.8, 4) is 0 Å². The summed E-state index contributed by atoms with van der Waals surface area (Å²) in [6.07, 6.45) is -1.13. The van der Waals surface area contributed by atoms with Gasteiger partial charge >= 0.3 is 46.0 Å². The number of β-lactam (4-membered cyclic amide) rings is 1. The first-order chi connectivity index (χ1) is 6.75. The Labute approximate surface area is 113 Å². The van der Waals surface area contributed by atoms with Crippen molar-refractivity contribution in [2.45, 2.75) is 12.1 Å². The molecule has 0 radical (unpaired) electrons. The predicted octanol–water partition coefficient (Wildman–Crippen LogP) is -3.23. The van der Waals surface area contributed by atoms with Gasteiger partial charge in [0.25, 0.3) is 5.91 Å². The normalized spacial score (nSPS) is 24.4. The molecule has 0 aliphatic carbocycles. The zero-order chi connectivity index (χ0) is 11.8. The van der Waals surface area contributed by atoms with E-state index in [1.54, 1.807) is 0 Å². The van der Waals surface area contributed by atoms with Crippen LogP contribution in [0.4, 0.5) is 4.79 Å². The monoisotopic (exact) mass is 263 g/mol. The first-order valence-electron chi connectivity index (χ1n) is 3.73. The van der Waals surface area contributed by atoms with Crippen LogP contribution >= 0.6 is 0 Å². The molecule has 0 aromatic rings. The van der Waals surface area contributed by atoms with Gasteiger partial charge in [-0.3, -0.25) is 9.35 Å². The van der Waals surface area contributed by atoms with Crippen molar-refractivity contribution in [2.75, 3.05) is 6.61 Å². The molecule has 5 N–H and O–H groups in total. The van der Waals surface area contributed by atoms with Gasteiger partial charge in [-0.1, -0.05) is 0 Å². The van der Waals surface area contributed by atoms with Crippen LogP contribution in [0.5, 0.6) is 0 Å². The Balaban J connectivity index is 0.00000225. The van der Waals surface area contributed by atoms with Crippen LogP contribution in [0.25, 0.3) is 0 Å². The van der Waals surface area contributed by atoms with E-state index in [4.69, 9.17) is 10.3 Å². The molecule has 0 saturated carbocycles. The third-order valence-electron chi connectivity index (χ3n) is 1.86. The number of carbonyl (C=O) groups is 2. The molecule has 1 fully saturated rings. The van der Waals surface area contributed by atoms with Gasteiger partial charge in [0, 0.05) is 0 Å². The van der Waals surface area contributed by atoms with Crippen LogP contribution in [0.2, 0.25) is 0 Å². The second-order valence-electron chi connectivity index (χ2n) is 2.84. The molecule has 0 aromatic carbocycles. The number of ether oxygens (including phenoxy) is 1. The number of nitrogens with two attached hydrogens (primary N) is 2. The second-order valence-corrected chi connectivity index (χ2v) is 4.12. The van der Waals surface area contributed by atoms with Crippen LogP contribution in [0, 0.1) is 0 Å². The Morgan fingerprint density at radius 2 is 2.06 bits per heavy atom. The molecule has 2 atom stereocenters. The van der Waals surface area contributed by atoms with Crippen molar-refractivity contribution in [1.82, 2.24) is 4.31 Å². The van der Waals surface area contributed by atoms with E-state index in [0.717, 1.165) is 0 Å². The number of hydrogen-bond acceptors (Lipinski definition) is 6. The third kappa shape index (κ3) is 3.06. The van der Waals surface area contributed by atoms with Crippen molar-refractivity contribution in [3.63, 3.8) is 0 Å². The molecule has 16 heavy (non-hydrogen) atoms. The fourth-order valence-corrected chi connectivity index (χ4v) is 2.05. The SMILES string of the molecule is NC(=O)OC[C@@H]1[C@H](N)C(=O)N1S(=O)(=O)O.[NaH]. The minimum atomic E-state index is -4.67. The van der Waals surface area contributed by atoms with Crippen LogP contribution in [-0.4, -0.2) is 77.5 Å². The summed E-state index contributed by atoms with van der Waals surface area (Å²) in [4.78, 5) is 21.2. The van der Waals surface area contributed by atoms with Crippen LogP contribution in [0.1, 0.15) is 0 Å². The third-order valence-corrected chi connectivity index (χ3v) is 2.81. The molecule has 1 aliphatic heterocycles. The zero-order valence-corrected chi connectivity index (χ0v) is 8.18. The average molecular weight is 263 g/mol. The molecule has 1 saturated heterocycles. The molecule has 1 aliphatic rings. The summed E-state index contributed by atoms with van der Waals surface area (Å²) in [6, 6.07) is -2.24. The summed E-state index contributed by atoms with van der Waals surface area (Å²) >= 11 is 0. The zero-order valence-electron chi connectivity index (χ0n) is 7.36. The Bertz CT molecular complexity index is 397. The van der Waals surface area contributed by atoms with E-state index in [0.29, 0.717) is 0 Å². The van der Waals surface area contributed by atoms with Gasteiger partial charge < -0.3 is 16.2 Å². The van der Waals surface area contributed by atoms with E-state index in [1.807, 2.05) is 0 Å². The van der Waals surface area contributed by atoms with E-state index >= 15 is 0 Å². The van der Waals surface area contributed by atoms with Crippen molar-refractivity contribution in [1.29, 1.82) is 0 Å². The maximum atomic E-state index is 11.0. The number of rotatable bonds is 3. The number of hydrogen-bond donors (Lipinski definition) is 3. The van der Waals surface area contributed by atoms with Crippen molar-refractivity contribution >= 4 is 51.9 Å². The van der Waals surface area contributed by atoms with Crippen molar-refractivity contribution < 1.29 is 27.3 Å². The van der Waals surface area contributed by atoms with Crippen LogP contribution in [0.15, 0.2) is 0 Å². The Kier molecular flexibility index (Phi) is 5.16. The molecular formula is C5H10N3NaO6S. The van der Waals surface area contributed by atoms with E-state index < -0.39 is 41.0 Å². The standard InChI is InChI=1S/C5H9N3O6S.Na.H/c6-3-2(1-14-5(7)10)8(4(3)9)15(11,12)13;;/h2-3H,1,6H2,(H2,7,10)(H,11,12,13);;/t2-,3+;;/m1../s1. The van der Waals surface area contributed by atoms with Crippen LogP contribution < -0.4 is 11.5 Å².